The molecule has 0 amide bonds. The molecule has 1 rings (SSSR count). The maximum absolute atomic E-state index is 2.67. The van der Waals surface area contributed by atoms with Crippen LogP contribution < -0.4 is 0 Å². The zero-order valence-corrected chi connectivity index (χ0v) is 10.1. The van der Waals surface area contributed by atoms with Gasteiger partial charge in [-0.15, -0.1) is 0 Å². The van der Waals surface area contributed by atoms with Gasteiger partial charge in [0, 0.05) is 11.6 Å². The fourth-order valence-electron chi connectivity index (χ4n) is 2.62. The Morgan fingerprint density at radius 1 is 1.23 bits per heavy atom. The van der Waals surface area contributed by atoms with Gasteiger partial charge in [0.25, 0.3) is 0 Å². The lowest BCUT2D eigenvalue weighted by molar-refractivity contribution is 0.0209. The summed E-state index contributed by atoms with van der Waals surface area (Å²) in [6.07, 6.45) is 2.72. The molecule has 1 saturated heterocycles. The first-order valence-electron chi connectivity index (χ1n) is 5.56. The Morgan fingerprint density at radius 3 is 2.08 bits per heavy atom. The maximum Gasteiger partial charge on any atom is 0.0232 e. The molecule has 1 fully saturated rings. The average Bonchev–Trinajstić information content (AvgIpc) is 2.30. The highest BCUT2D eigenvalue weighted by atomic mass is 15.2. The van der Waals surface area contributed by atoms with Crippen molar-refractivity contribution in [3.8, 4) is 0 Å². The Morgan fingerprint density at radius 2 is 1.77 bits per heavy atom. The van der Waals surface area contributed by atoms with Crippen LogP contribution in [0.3, 0.4) is 0 Å². The fourth-order valence-corrected chi connectivity index (χ4v) is 2.62. The molecule has 0 saturated carbocycles. The van der Waals surface area contributed by atoms with E-state index in [0.717, 1.165) is 0 Å². The Labute approximate surface area is 83.5 Å². The van der Waals surface area contributed by atoms with E-state index >= 15 is 0 Å². The summed E-state index contributed by atoms with van der Waals surface area (Å²) >= 11 is 0. The van der Waals surface area contributed by atoms with Crippen LogP contribution in [0.1, 0.15) is 54.4 Å². The molecule has 1 heteroatoms. The third-order valence-electron chi connectivity index (χ3n) is 3.94. The zero-order valence-electron chi connectivity index (χ0n) is 10.1. The van der Waals surface area contributed by atoms with E-state index in [9.17, 15) is 0 Å². The van der Waals surface area contributed by atoms with Crippen molar-refractivity contribution in [2.24, 2.45) is 5.41 Å². The lowest BCUT2D eigenvalue weighted by Crippen LogP contribution is -2.53. The van der Waals surface area contributed by atoms with Crippen molar-refractivity contribution in [1.82, 2.24) is 4.90 Å². The Kier molecular flexibility index (Phi) is 2.78. The predicted molar refractivity (Wildman–Crippen MR) is 58.9 cm³/mol. The third-order valence-corrected chi connectivity index (χ3v) is 3.94. The molecule has 0 radical (unpaired) electrons. The number of nitrogens with zero attached hydrogens (tertiary/aromatic N) is 1. The molecule has 13 heavy (non-hydrogen) atoms. The summed E-state index contributed by atoms with van der Waals surface area (Å²) in [4.78, 5) is 2.67. The van der Waals surface area contributed by atoms with E-state index in [1.54, 1.807) is 0 Å². The van der Waals surface area contributed by atoms with Gasteiger partial charge >= 0.3 is 0 Å². The highest BCUT2D eigenvalue weighted by Crippen LogP contribution is 2.44. The first-order chi connectivity index (χ1) is 5.79. The van der Waals surface area contributed by atoms with Crippen molar-refractivity contribution in [3.63, 3.8) is 0 Å². The van der Waals surface area contributed by atoms with Gasteiger partial charge < -0.3 is 0 Å². The molecule has 0 spiro atoms. The normalized spacial score (nSPS) is 31.6. The molecule has 0 N–H and O–H groups in total. The van der Waals surface area contributed by atoms with Gasteiger partial charge in [-0.05, 0) is 45.6 Å². The van der Waals surface area contributed by atoms with Crippen molar-refractivity contribution in [2.45, 2.75) is 66.0 Å². The molecule has 1 atom stereocenters. The first kappa shape index (κ1) is 11.0. The van der Waals surface area contributed by atoms with Crippen LogP contribution in [0.25, 0.3) is 0 Å². The SMILES string of the molecule is CC(C)N1CCCC1(C)C(C)(C)C. The van der Waals surface area contributed by atoms with Gasteiger partial charge in [0.2, 0.25) is 0 Å². The van der Waals surface area contributed by atoms with Crippen molar-refractivity contribution >= 4 is 0 Å². The quantitative estimate of drug-likeness (QED) is 0.603. The number of likely N-dealkylation sites (tertiary alicyclic amines) is 1. The molecule has 1 unspecified atom stereocenters. The lowest BCUT2D eigenvalue weighted by Gasteiger charge is -2.47. The van der Waals surface area contributed by atoms with Gasteiger partial charge in [-0.3, -0.25) is 4.90 Å². The molecular formula is C12H25N. The second-order valence-corrected chi connectivity index (χ2v) is 5.91. The van der Waals surface area contributed by atoms with Crippen LogP contribution in [0.5, 0.6) is 0 Å². The maximum atomic E-state index is 2.67. The fraction of sp³-hybridized carbons (Fsp3) is 1.00. The summed E-state index contributed by atoms with van der Waals surface area (Å²) in [5, 5.41) is 0. The third kappa shape index (κ3) is 1.76. The zero-order chi connectivity index (χ0) is 10.3. The summed E-state index contributed by atoms with van der Waals surface area (Å²) in [7, 11) is 0. The van der Waals surface area contributed by atoms with E-state index in [1.165, 1.54) is 19.4 Å². The summed E-state index contributed by atoms with van der Waals surface area (Å²) in [6, 6.07) is 0.687. The molecule has 0 bridgehead atoms. The standard InChI is InChI=1S/C12H25N/c1-10(2)13-9-7-8-12(13,6)11(3,4)5/h10H,7-9H2,1-6H3. The van der Waals surface area contributed by atoms with Gasteiger partial charge in [-0.2, -0.15) is 0 Å². The smallest absolute Gasteiger partial charge is 0.0232 e. The second-order valence-electron chi connectivity index (χ2n) is 5.91. The van der Waals surface area contributed by atoms with E-state index in [1.807, 2.05) is 0 Å². The molecule has 78 valence electrons. The highest BCUT2D eigenvalue weighted by Gasteiger charge is 2.46. The largest absolute Gasteiger partial charge is 0.295 e. The molecule has 1 aliphatic heterocycles. The molecule has 0 aromatic heterocycles. The van der Waals surface area contributed by atoms with Gasteiger partial charge in [-0.25, -0.2) is 0 Å². The van der Waals surface area contributed by atoms with Crippen molar-refractivity contribution in [2.75, 3.05) is 6.54 Å². The van der Waals surface area contributed by atoms with Crippen LogP contribution >= 0.6 is 0 Å². The number of rotatable bonds is 1. The van der Waals surface area contributed by atoms with Crippen LogP contribution in [-0.2, 0) is 0 Å². The lowest BCUT2D eigenvalue weighted by atomic mass is 9.73. The minimum absolute atomic E-state index is 0.397. The Bertz CT molecular complexity index is 178. The Hall–Kier alpha value is -0.0400. The minimum atomic E-state index is 0.397. The summed E-state index contributed by atoms with van der Waals surface area (Å²) in [5.74, 6) is 0. The van der Waals surface area contributed by atoms with Crippen LogP contribution in [0.15, 0.2) is 0 Å². The summed E-state index contributed by atoms with van der Waals surface area (Å²) < 4.78 is 0. The van der Waals surface area contributed by atoms with E-state index < -0.39 is 0 Å². The van der Waals surface area contributed by atoms with Crippen LogP contribution in [0.4, 0.5) is 0 Å². The van der Waals surface area contributed by atoms with Gasteiger partial charge in [0.1, 0.15) is 0 Å². The van der Waals surface area contributed by atoms with Crippen LogP contribution in [0, 0.1) is 5.41 Å². The molecular weight excluding hydrogens is 158 g/mol. The molecule has 0 aliphatic carbocycles. The predicted octanol–water partition coefficient (Wildman–Crippen LogP) is 3.30. The van der Waals surface area contributed by atoms with E-state index in [2.05, 4.69) is 46.4 Å². The molecule has 1 nitrogen and oxygen atoms in total. The van der Waals surface area contributed by atoms with Crippen molar-refractivity contribution < 1.29 is 0 Å². The second kappa shape index (κ2) is 3.27. The topological polar surface area (TPSA) is 3.24 Å². The van der Waals surface area contributed by atoms with E-state index in [0.29, 0.717) is 17.0 Å². The van der Waals surface area contributed by atoms with E-state index in [4.69, 9.17) is 0 Å². The molecule has 0 aromatic rings. The Balaban J connectivity index is 2.88. The van der Waals surface area contributed by atoms with E-state index in [-0.39, 0.29) is 0 Å². The molecule has 1 aliphatic rings. The van der Waals surface area contributed by atoms with Crippen LogP contribution in [0.2, 0.25) is 0 Å². The highest BCUT2D eigenvalue weighted by molar-refractivity contribution is 5.01. The molecule has 1 heterocycles. The number of hydrogen-bond donors (Lipinski definition) is 0. The van der Waals surface area contributed by atoms with Crippen LogP contribution in [-0.4, -0.2) is 23.0 Å². The van der Waals surface area contributed by atoms with Crippen molar-refractivity contribution in [1.29, 1.82) is 0 Å². The average molecular weight is 183 g/mol. The van der Waals surface area contributed by atoms with Gasteiger partial charge in [0.15, 0.2) is 0 Å². The monoisotopic (exact) mass is 183 g/mol. The number of hydrogen-bond acceptors (Lipinski definition) is 1. The molecule has 0 aromatic carbocycles. The summed E-state index contributed by atoms with van der Waals surface area (Å²) in [5.41, 5.74) is 0.801. The van der Waals surface area contributed by atoms with Gasteiger partial charge in [-0.1, -0.05) is 20.8 Å². The minimum Gasteiger partial charge on any atom is -0.295 e. The summed E-state index contributed by atoms with van der Waals surface area (Å²) in [6.45, 7) is 15.4. The van der Waals surface area contributed by atoms with Gasteiger partial charge in [0.05, 0.1) is 0 Å². The first-order valence-corrected chi connectivity index (χ1v) is 5.56. The van der Waals surface area contributed by atoms with Crippen molar-refractivity contribution in [3.05, 3.63) is 0 Å².